The van der Waals surface area contributed by atoms with E-state index in [0.29, 0.717) is 18.1 Å². The topological polar surface area (TPSA) is 51.0 Å². The van der Waals surface area contributed by atoms with Crippen LogP contribution in [0, 0.1) is 5.92 Å². The summed E-state index contributed by atoms with van der Waals surface area (Å²) in [7, 11) is 0. The van der Waals surface area contributed by atoms with Crippen LogP contribution >= 0.6 is 0 Å². The Morgan fingerprint density at radius 2 is 2.05 bits per heavy atom. The summed E-state index contributed by atoms with van der Waals surface area (Å²) in [5.41, 5.74) is 1.78. The van der Waals surface area contributed by atoms with E-state index in [1.165, 1.54) is 6.34 Å². The quantitative estimate of drug-likeness (QED) is 0.828. The summed E-state index contributed by atoms with van der Waals surface area (Å²) in [6.45, 7) is 0.497. The summed E-state index contributed by atoms with van der Waals surface area (Å²) >= 11 is 0. The molecule has 0 bridgehead atoms. The maximum Gasteiger partial charge on any atom is 0.260 e. The van der Waals surface area contributed by atoms with Crippen molar-refractivity contribution in [2.45, 2.75) is 6.61 Å². The van der Waals surface area contributed by atoms with Gasteiger partial charge < -0.3 is 4.74 Å². The Morgan fingerprint density at radius 3 is 2.89 bits per heavy atom. The van der Waals surface area contributed by atoms with Crippen LogP contribution in [-0.2, 0) is 16.1 Å². The number of benzene rings is 1. The molecule has 19 heavy (non-hydrogen) atoms. The minimum absolute atomic E-state index is 0.181. The van der Waals surface area contributed by atoms with Crippen LogP contribution in [0.2, 0.25) is 0 Å². The fourth-order valence-electron chi connectivity index (χ4n) is 1.96. The maximum absolute atomic E-state index is 11.5. The summed E-state index contributed by atoms with van der Waals surface area (Å²) in [6, 6.07) is 9.92. The van der Waals surface area contributed by atoms with E-state index in [4.69, 9.17) is 4.74 Å². The lowest BCUT2D eigenvalue weighted by Gasteiger charge is -2.17. The Kier molecular flexibility index (Phi) is 3.06. The number of hydrogen-bond donors (Lipinski definition) is 0. The lowest BCUT2D eigenvalue weighted by atomic mass is 9.96. The maximum atomic E-state index is 11.5. The SMILES string of the molecule is O=C1N=CN=C2C=C(OCc3ccccc3)C=CC12. The van der Waals surface area contributed by atoms with Gasteiger partial charge in [-0.05, 0) is 11.6 Å². The predicted molar refractivity (Wildman–Crippen MR) is 72.9 cm³/mol. The fraction of sp³-hybridized carbons (Fsp3) is 0.133. The van der Waals surface area contributed by atoms with Gasteiger partial charge in [0.05, 0.1) is 5.71 Å². The first-order chi connectivity index (χ1) is 9.33. The van der Waals surface area contributed by atoms with Gasteiger partial charge in [0, 0.05) is 6.08 Å². The number of ether oxygens (including phenoxy) is 1. The molecule has 0 saturated carbocycles. The molecule has 94 valence electrons. The van der Waals surface area contributed by atoms with Gasteiger partial charge in [0.15, 0.2) is 0 Å². The summed E-state index contributed by atoms with van der Waals surface area (Å²) in [5, 5.41) is 0. The van der Waals surface area contributed by atoms with Crippen molar-refractivity contribution in [3.63, 3.8) is 0 Å². The van der Waals surface area contributed by atoms with Gasteiger partial charge >= 0.3 is 0 Å². The third kappa shape index (κ3) is 2.52. The van der Waals surface area contributed by atoms with Crippen LogP contribution < -0.4 is 0 Å². The van der Waals surface area contributed by atoms with Crippen molar-refractivity contribution in [1.29, 1.82) is 0 Å². The second kappa shape index (κ2) is 5.02. The average molecular weight is 252 g/mol. The Labute approximate surface area is 110 Å². The third-order valence-corrected chi connectivity index (χ3v) is 2.97. The summed E-state index contributed by atoms with van der Waals surface area (Å²) < 4.78 is 5.69. The van der Waals surface area contributed by atoms with Gasteiger partial charge in [-0.3, -0.25) is 4.79 Å². The van der Waals surface area contributed by atoms with E-state index in [-0.39, 0.29) is 11.8 Å². The second-order valence-electron chi connectivity index (χ2n) is 4.29. The first kappa shape index (κ1) is 11.6. The number of allylic oxidation sites excluding steroid dienone is 2. The fourth-order valence-corrected chi connectivity index (χ4v) is 1.96. The molecule has 1 atom stereocenters. The van der Waals surface area contributed by atoms with Crippen LogP contribution in [0.5, 0.6) is 0 Å². The van der Waals surface area contributed by atoms with Crippen LogP contribution in [0.15, 0.2) is 64.3 Å². The molecular weight excluding hydrogens is 240 g/mol. The molecule has 1 amide bonds. The van der Waals surface area contributed by atoms with Crippen LogP contribution in [0.4, 0.5) is 0 Å². The molecule has 4 nitrogen and oxygen atoms in total. The largest absolute Gasteiger partial charge is 0.489 e. The van der Waals surface area contributed by atoms with Crippen molar-refractivity contribution in [1.82, 2.24) is 0 Å². The highest BCUT2D eigenvalue weighted by Crippen LogP contribution is 2.19. The van der Waals surface area contributed by atoms with Gasteiger partial charge in [-0.1, -0.05) is 36.4 Å². The predicted octanol–water partition coefficient (Wildman–Crippen LogP) is 2.28. The van der Waals surface area contributed by atoms with Gasteiger partial charge in [0.25, 0.3) is 5.91 Å². The summed E-state index contributed by atoms with van der Waals surface area (Å²) in [6.07, 6.45) is 6.65. The molecule has 0 N–H and O–H groups in total. The zero-order chi connectivity index (χ0) is 13.1. The Hall–Kier alpha value is -2.49. The highest BCUT2D eigenvalue weighted by molar-refractivity contribution is 6.18. The van der Waals surface area contributed by atoms with Crippen LogP contribution in [0.25, 0.3) is 0 Å². The lowest BCUT2D eigenvalue weighted by Crippen LogP contribution is -2.25. The molecule has 0 radical (unpaired) electrons. The molecule has 4 heteroatoms. The molecule has 1 heterocycles. The minimum Gasteiger partial charge on any atom is -0.489 e. The van der Waals surface area contributed by atoms with Gasteiger partial charge in [0.1, 0.15) is 24.6 Å². The van der Waals surface area contributed by atoms with Gasteiger partial charge in [-0.15, -0.1) is 0 Å². The number of hydrogen-bond acceptors (Lipinski definition) is 3. The van der Waals surface area contributed by atoms with Crippen LogP contribution in [0.1, 0.15) is 5.56 Å². The van der Waals surface area contributed by atoms with Gasteiger partial charge in [0.2, 0.25) is 0 Å². The molecule has 0 fully saturated rings. The minimum atomic E-state index is -0.353. The van der Waals surface area contributed by atoms with Crippen molar-refractivity contribution in [3.05, 3.63) is 59.9 Å². The Balaban J connectivity index is 1.70. The monoisotopic (exact) mass is 252 g/mol. The summed E-state index contributed by atoms with van der Waals surface area (Å²) in [5.74, 6) is 0.177. The number of amides is 1. The van der Waals surface area contributed by atoms with Crippen molar-refractivity contribution in [2.24, 2.45) is 15.9 Å². The number of fused-ring (bicyclic) bond motifs is 1. The molecule has 0 aromatic heterocycles. The van der Waals surface area contributed by atoms with Crippen LogP contribution in [-0.4, -0.2) is 18.0 Å². The smallest absolute Gasteiger partial charge is 0.260 e. The van der Waals surface area contributed by atoms with E-state index in [0.717, 1.165) is 5.56 Å². The molecular formula is C15H12N2O2. The molecule has 3 rings (SSSR count). The molecule has 1 unspecified atom stereocenters. The van der Waals surface area contributed by atoms with E-state index < -0.39 is 0 Å². The van der Waals surface area contributed by atoms with Gasteiger partial charge in [-0.25, -0.2) is 9.98 Å². The Morgan fingerprint density at radius 1 is 1.21 bits per heavy atom. The highest BCUT2D eigenvalue weighted by Gasteiger charge is 2.25. The molecule has 1 aliphatic carbocycles. The second-order valence-corrected chi connectivity index (χ2v) is 4.29. The number of aliphatic imine (C=N–C) groups is 2. The number of nitrogens with zero attached hydrogens (tertiary/aromatic N) is 2. The standard InChI is InChI=1S/C15H12N2O2/c18-15-13-7-6-12(8-14(13)16-10-17-15)19-9-11-4-2-1-3-5-11/h1-8,10,13H,9H2. The molecule has 1 aromatic carbocycles. The normalized spacial score (nSPS) is 20.6. The van der Waals surface area contributed by atoms with Crippen molar-refractivity contribution in [2.75, 3.05) is 0 Å². The molecule has 2 aliphatic rings. The zero-order valence-electron chi connectivity index (χ0n) is 10.2. The Bertz CT molecular complexity index is 612. The van der Waals surface area contributed by atoms with Crippen molar-refractivity contribution < 1.29 is 9.53 Å². The molecule has 0 saturated heterocycles. The first-order valence-electron chi connectivity index (χ1n) is 6.03. The zero-order valence-corrected chi connectivity index (χ0v) is 10.2. The van der Waals surface area contributed by atoms with Crippen molar-refractivity contribution >= 4 is 18.0 Å². The van der Waals surface area contributed by atoms with E-state index in [1.54, 1.807) is 18.2 Å². The number of carbonyl (C=O) groups is 1. The lowest BCUT2D eigenvalue weighted by molar-refractivity contribution is -0.118. The molecule has 1 aliphatic heterocycles. The molecule has 0 spiro atoms. The van der Waals surface area contributed by atoms with E-state index in [2.05, 4.69) is 9.98 Å². The van der Waals surface area contributed by atoms with E-state index >= 15 is 0 Å². The van der Waals surface area contributed by atoms with Gasteiger partial charge in [-0.2, -0.15) is 0 Å². The average Bonchev–Trinajstić information content (AvgIpc) is 2.46. The number of rotatable bonds is 3. The molecule has 1 aromatic rings. The van der Waals surface area contributed by atoms with Crippen LogP contribution in [0.3, 0.4) is 0 Å². The van der Waals surface area contributed by atoms with E-state index in [9.17, 15) is 4.79 Å². The number of carbonyl (C=O) groups excluding carboxylic acids is 1. The van der Waals surface area contributed by atoms with Crippen molar-refractivity contribution in [3.8, 4) is 0 Å². The summed E-state index contributed by atoms with van der Waals surface area (Å²) in [4.78, 5) is 19.3. The third-order valence-electron chi connectivity index (χ3n) is 2.97. The first-order valence-corrected chi connectivity index (χ1v) is 6.03. The van der Waals surface area contributed by atoms with E-state index in [1.807, 2.05) is 30.3 Å². The highest BCUT2D eigenvalue weighted by atomic mass is 16.5.